The van der Waals surface area contributed by atoms with E-state index in [1.165, 1.54) is 0 Å². The van der Waals surface area contributed by atoms with Gasteiger partial charge in [0.25, 0.3) is 0 Å². The first-order chi connectivity index (χ1) is 9.13. The van der Waals surface area contributed by atoms with E-state index in [9.17, 15) is 0 Å². The van der Waals surface area contributed by atoms with Gasteiger partial charge in [-0.15, -0.1) is 0 Å². The van der Waals surface area contributed by atoms with Gasteiger partial charge in [-0.25, -0.2) is 0 Å². The molecule has 3 N–H and O–H groups in total. The van der Waals surface area contributed by atoms with E-state index in [0.717, 1.165) is 0 Å². The lowest BCUT2D eigenvalue weighted by atomic mass is 10.1. The summed E-state index contributed by atoms with van der Waals surface area (Å²) in [4.78, 5) is 0. The van der Waals surface area contributed by atoms with Crippen LogP contribution < -0.4 is 11.1 Å². The molecule has 0 saturated carbocycles. The summed E-state index contributed by atoms with van der Waals surface area (Å²) in [5.74, 6) is 0. The van der Waals surface area contributed by atoms with Crippen LogP contribution >= 0.6 is 11.6 Å². The molecule has 0 bridgehead atoms. The average molecular weight is 269 g/mol. The van der Waals surface area contributed by atoms with Crippen molar-refractivity contribution in [1.82, 2.24) is 0 Å². The van der Waals surface area contributed by atoms with Gasteiger partial charge in [0.2, 0.25) is 0 Å². The molecular weight excluding hydrogens is 260 g/mol. The van der Waals surface area contributed by atoms with Crippen molar-refractivity contribution in [2.24, 2.45) is 0 Å². The van der Waals surface area contributed by atoms with Crippen molar-refractivity contribution in [3.63, 3.8) is 0 Å². The smallest absolute Gasteiger partial charge is 0.101 e. The topological polar surface area (TPSA) is 85.6 Å². The number of benzene rings is 2. The Morgan fingerprint density at radius 3 is 2.42 bits per heavy atom. The highest BCUT2D eigenvalue weighted by atomic mass is 35.5. The molecule has 0 atom stereocenters. The number of nitrogens with zero attached hydrogens (tertiary/aromatic N) is 2. The van der Waals surface area contributed by atoms with Crippen LogP contribution in [0.15, 0.2) is 36.4 Å². The van der Waals surface area contributed by atoms with Gasteiger partial charge in [0.1, 0.15) is 12.1 Å². The SMILES string of the molecule is N#Cc1cc(Nc2cc(Cl)ccc2C#N)ccc1N. The molecule has 0 unspecified atom stereocenters. The third-order valence-corrected chi connectivity index (χ3v) is 2.79. The van der Waals surface area contributed by atoms with E-state index in [-0.39, 0.29) is 0 Å². The number of nitrogen functional groups attached to an aromatic ring is 1. The number of nitrogens with one attached hydrogen (secondary N) is 1. The van der Waals surface area contributed by atoms with Crippen LogP contribution in [-0.4, -0.2) is 0 Å². The molecular formula is C14H9ClN4. The lowest BCUT2D eigenvalue weighted by Gasteiger charge is -2.09. The highest BCUT2D eigenvalue weighted by molar-refractivity contribution is 6.30. The second-order valence-corrected chi connectivity index (χ2v) is 4.28. The van der Waals surface area contributed by atoms with Gasteiger partial charge in [0.15, 0.2) is 0 Å². The Morgan fingerprint density at radius 2 is 1.74 bits per heavy atom. The Labute approximate surface area is 115 Å². The van der Waals surface area contributed by atoms with E-state index >= 15 is 0 Å². The summed E-state index contributed by atoms with van der Waals surface area (Å²) in [5.41, 5.74) is 8.18. The summed E-state index contributed by atoms with van der Waals surface area (Å²) in [7, 11) is 0. The Hall–Kier alpha value is -2.69. The van der Waals surface area contributed by atoms with Crippen LogP contribution in [0.1, 0.15) is 11.1 Å². The second kappa shape index (κ2) is 5.30. The van der Waals surface area contributed by atoms with Crippen LogP contribution in [0.2, 0.25) is 5.02 Å². The highest BCUT2D eigenvalue weighted by Crippen LogP contribution is 2.26. The zero-order chi connectivity index (χ0) is 13.8. The van der Waals surface area contributed by atoms with Gasteiger partial charge in [0, 0.05) is 16.4 Å². The molecule has 0 aliphatic rings. The molecule has 19 heavy (non-hydrogen) atoms. The zero-order valence-electron chi connectivity index (χ0n) is 9.81. The van der Waals surface area contributed by atoms with Gasteiger partial charge in [-0.3, -0.25) is 0 Å². The van der Waals surface area contributed by atoms with E-state index in [1.807, 2.05) is 6.07 Å². The number of nitriles is 2. The fourth-order valence-electron chi connectivity index (χ4n) is 1.60. The van der Waals surface area contributed by atoms with Crippen molar-refractivity contribution in [1.29, 1.82) is 10.5 Å². The lowest BCUT2D eigenvalue weighted by molar-refractivity contribution is 1.45. The van der Waals surface area contributed by atoms with Crippen LogP contribution in [0.4, 0.5) is 17.1 Å². The largest absolute Gasteiger partial charge is 0.398 e. The first kappa shape index (κ1) is 12.8. The number of hydrogen-bond donors (Lipinski definition) is 2. The molecule has 0 aliphatic carbocycles. The number of nitrogens with two attached hydrogens (primary N) is 1. The molecule has 0 spiro atoms. The maximum atomic E-state index is 9.03. The molecule has 0 aromatic heterocycles. The fourth-order valence-corrected chi connectivity index (χ4v) is 1.78. The molecule has 2 aromatic carbocycles. The normalized spacial score (nSPS) is 9.42. The first-order valence-electron chi connectivity index (χ1n) is 5.40. The standard InChI is InChI=1S/C14H9ClN4/c15-11-2-1-9(7-16)14(6-11)19-12-3-4-13(18)10(5-12)8-17/h1-6,19H,18H2. The third-order valence-electron chi connectivity index (χ3n) is 2.55. The predicted molar refractivity (Wildman–Crippen MR) is 75.0 cm³/mol. The summed E-state index contributed by atoms with van der Waals surface area (Å²) in [6, 6.07) is 14.0. The van der Waals surface area contributed by atoms with Gasteiger partial charge in [-0.05, 0) is 36.4 Å². The summed E-state index contributed by atoms with van der Waals surface area (Å²) in [6.07, 6.45) is 0. The quantitative estimate of drug-likeness (QED) is 0.817. The maximum Gasteiger partial charge on any atom is 0.101 e. The predicted octanol–water partition coefficient (Wildman–Crippen LogP) is 3.41. The number of hydrogen-bond acceptors (Lipinski definition) is 4. The Kier molecular flexibility index (Phi) is 3.56. The molecule has 0 radical (unpaired) electrons. The monoisotopic (exact) mass is 268 g/mol. The molecule has 2 rings (SSSR count). The minimum absolute atomic E-state index is 0.380. The summed E-state index contributed by atoms with van der Waals surface area (Å²) < 4.78 is 0. The summed E-state index contributed by atoms with van der Waals surface area (Å²) in [5, 5.41) is 21.5. The van der Waals surface area contributed by atoms with E-state index in [4.69, 9.17) is 27.9 Å². The Morgan fingerprint density at radius 1 is 1.00 bits per heavy atom. The lowest BCUT2D eigenvalue weighted by Crippen LogP contribution is -1.96. The molecule has 0 amide bonds. The number of halogens is 1. The van der Waals surface area contributed by atoms with Crippen molar-refractivity contribution in [2.75, 3.05) is 11.1 Å². The maximum absolute atomic E-state index is 9.03. The first-order valence-corrected chi connectivity index (χ1v) is 5.78. The van der Waals surface area contributed by atoms with E-state index in [1.54, 1.807) is 36.4 Å². The van der Waals surface area contributed by atoms with Crippen LogP contribution in [0.3, 0.4) is 0 Å². The number of anilines is 3. The minimum Gasteiger partial charge on any atom is -0.398 e. The molecule has 0 aliphatic heterocycles. The fraction of sp³-hybridized carbons (Fsp3) is 0. The van der Waals surface area contributed by atoms with E-state index in [2.05, 4.69) is 11.4 Å². The molecule has 92 valence electrons. The molecule has 0 saturated heterocycles. The van der Waals surface area contributed by atoms with Gasteiger partial charge < -0.3 is 11.1 Å². The second-order valence-electron chi connectivity index (χ2n) is 3.84. The molecule has 5 heteroatoms. The number of rotatable bonds is 2. The van der Waals surface area contributed by atoms with Crippen molar-refractivity contribution in [3.05, 3.63) is 52.5 Å². The van der Waals surface area contributed by atoms with Crippen LogP contribution in [-0.2, 0) is 0 Å². The van der Waals surface area contributed by atoms with E-state index < -0.39 is 0 Å². The molecule has 0 heterocycles. The molecule has 0 fully saturated rings. The van der Waals surface area contributed by atoms with Crippen molar-refractivity contribution in [2.45, 2.75) is 0 Å². The molecule has 2 aromatic rings. The van der Waals surface area contributed by atoms with Gasteiger partial charge in [0.05, 0.1) is 16.8 Å². The van der Waals surface area contributed by atoms with Gasteiger partial charge in [-0.2, -0.15) is 10.5 Å². The van der Waals surface area contributed by atoms with Gasteiger partial charge >= 0.3 is 0 Å². The average Bonchev–Trinajstić information content (AvgIpc) is 2.41. The zero-order valence-corrected chi connectivity index (χ0v) is 10.6. The highest BCUT2D eigenvalue weighted by Gasteiger charge is 2.05. The Bertz CT molecular complexity index is 710. The van der Waals surface area contributed by atoms with Crippen LogP contribution in [0, 0.1) is 22.7 Å². The van der Waals surface area contributed by atoms with E-state index in [0.29, 0.717) is 33.2 Å². The van der Waals surface area contributed by atoms with Crippen molar-refractivity contribution >= 4 is 28.7 Å². The van der Waals surface area contributed by atoms with Crippen LogP contribution in [0.25, 0.3) is 0 Å². The Balaban J connectivity index is 2.40. The molecule has 4 nitrogen and oxygen atoms in total. The van der Waals surface area contributed by atoms with Crippen molar-refractivity contribution < 1.29 is 0 Å². The van der Waals surface area contributed by atoms with Crippen LogP contribution in [0.5, 0.6) is 0 Å². The summed E-state index contributed by atoms with van der Waals surface area (Å²) in [6.45, 7) is 0. The van der Waals surface area contributed by atoms with Crippen molar-refractivity contribution in [3.8, 4) is 12.1 Å². The summed E-state index contributed by atoms with van der Waals surface area (Å²) >= 11 is 5.90. The third kappa shape index (κ3) is 2.77. The van der Waals surface area contributed by atoms with Gasteiger partial charge in [-0.1, -0.05) is 11.6 Å². The minimum atomic E-state index is 0.380.